The number of benzene rings is 2. The van der Waals surface area contributed by atoms with E-state index in [1.807, 2.05) is 36.4 Å². The molecule has 0 unspecified atom stereocenters. The van der Waals surface area contributed by atoms with Gasteiger partial charge in [0.15, 0.2) is 0 Å². The zero-order chi connectivity index (χ0) is 13.5. The maximum atomic E-state index is 5.67. The Balaban J connectivity index is 1.96. The first-order chi connectivity index (χ1) is 9.84. The quantitative estimate of drug-likeness (QED) is 0.437. The first kappa shape index (κ1) is 11.3. The van der Waals surface area contributed by atoms with E-state index in [0.29, 0.717) is 0 Å². The van der Waals surface area contributed by atoms with Gasteiger partial charge in [0, 0.05) is 11.1 Å². The van der Waals surface area contributed by atoms with Crippen molar-refractivity contribution >= 4 is 39.1 Å². The van der Waals surface area contributed by atoms with E-state index in [2.05, 4.69) is 19.9 Å². The van der Waals surface area contributed by atoms with Gasteiger partial charge in [-0.15, -0.1) is 0 Å². The molecule has 20 heavy (non-hydrogen) atoms. The summed E-state index contributed by atoms with van der Waals surface area (Å²) in [6.07, 6.45) is 3.37. The molecule has 4 aromatic rings. The lowest BCUT2D eigenvalue weighted by Gasteiger charge is -2.06. The Hall–Kier alpha value is -2.53. The third-order valence-corrected chi connectivity index (χ3v) is 3.83. The highest BCUT2D eigenvalue weighted by Gasteiger charge is 2.13. The molecule has 4 rings (SSSR count). The number of nitrogens with zero attached hydrogens (tertiary/aromatic N) is 2. The number of thiocarbonyl (C=S) groups is 1. The summed E-state index contributed by atoms with van der Waals surface area (Å²) in [5, 5.41) is 0. The van der Waals surface area contributed by atoms with Gasteiger partial charge in [-0.05, 0) is 12.1 Å². The van der Waals surface area contributed by atoms with Gasteiger partial charge in [-0.3, -0.25) is 0 Å². The van der Waals surface area contributed by atoms with Crippen LogP contribution >= 0.6 is 12.2 Å². The minimum absolute atomic E-state index is 0.764. The van der Waals surface area contributed by atoms with E-state index in [4.69, 9.17) is 12.2 Å². The predicted molar refractivity (Wildman–Crippen MR) is 83.0 cm³/mol. The van der Waals surface area contributed by atoms with E-state index in [0.717, 1.165) is 38.1 Å². The van der Waals surface area contributed by atoms with Crippen LogP contribution in [0, 0.1) is 0 Å². The zero-order valence-electron chi connectivity index (χ0n) is 10.4. The highest BCUT2D eigenvalue weighted by atomic mass is 32.1. The minimum Gasteiger partial charge on any atom is -0.345 e. The van der Waals surface area contributed by atoms with Gasteiger partial charge in [0.05, 0.1) is 39.6 Å². The lowest BCUT2D eigenvalue weighted by Crippen LogP contribution is -2.01. The molecule has 96 valence electrons. The largest absolute Gasteiger partial charge is 0.345 e. The number of hydrogen-bond acceptors (Lipinski definition) is 3. The summed E-state index contributed by atoms with van der Waals surface area (Å²) < 4.78 is 0. The number of aromatic nitrogens is 4. The maximum absolute atomic E-state index is 5.67. The Morgan fingerprint density at radius 2 is 1.30 bits per heavy atom. The molecule has 0 fully saturated rings. The molecule has 0 atom stereocenters. The molecule has 0 aliphatic heterocycles. The Bertz CT molecular complexity index is 859. The van der Waals surface area contributed by atoms with Crippen molar-refractivity contribution in [2.45, 2.75) is 0 Å². The van der Waals surface area contributed by atoms with Crippen LogP contribution < -0.4 is 0 Å². The van der Waals surface area contributed by atoms with Crippen LogP contribution in [-0.4, -0.2) is 24.8 Å². The Kier molecular flexibility index (Phi) is 2.40. The average molecular weight is 278 g/mol. The fourth-order valence-electron chi connectivity index (χ4n) is 2.44. The van der Waals surface area contributed by atoms with Crippen molar-refractivity contribution in [2.24, 2.45) is 0 Å². The Morgan fingerprint density at radius 1 is 0.800 bits per heavy atom. The van der Waals surface area contributed by atoms with Crippen molar-refractivity contribution in [3.05, 3.63) is 60.2 Å². The van der Waals surface area contributed by atoms with Crippen molar-refractivity contribution in [2.75, 3.05) is 0 Å². The number of imidazole rings is 2. The van der Waals surface area contributed by atoms with Crippen LogP contribution in [0.1, 0.15) is 11.1 Å². The van der Waals surface area contributed by atoms with E-state index < -0.39 is 0 Å². The molecule has 2 aromatic carbocycles. The molecule has 5 heteroatoms. The minimum atomic E-state index is 0.764. The first-order valence-electron chi connectivity index (χ1n) is 6.23. The molecule has 0 radical (unpaired) electrons. The number of aromatic amines is 2. The number of rotatable bonds is 2. The van der Waals surface area contributed by atoms with Crippen LogP contribution in [-0.2, 0) is 0 Å². The molecule has 0 saturated heterocycles. The number of hydrogen-bond donors (Lipinski definition) is 2. The molecule has 0 amide bonds. The fourth-order valence-corrected chi connectivity index (χ4v) is 2.77. The maximum Gasteiger partial charge on any atom is 0.0969 e. The third kappa shape index (κ3) is 1.57. The van der Waals surface area contributed by atoms with Gasteiger partial charge < -0.3 is 9.97 Å². The first-order valence-corrected chi connectivity index (χ1v) is 6.64. The van der Waals surface area contributed by atoms with Gasteiger partial charge in [0.1, 0.15) is 0 Å². The van der Waals surface area contributed by atoms with Gasteiger partial charge in [0.2, 0.25) is 0 Å². The van der Waals surface area contributed by atoms with E-state index in [9.17, 15) is 0 Å². The second-order valence-corrected chi connectivity index (χ2v) is 4.95. The third-order valence-electron chi connectivity index (χ3n) is 3.39. The second kappa shape index (κ2) is 4.25. The average Bonchev–Trinajstić information content (AvgIpc) is 3.13. The van der Waals surface area contributed by atoms with Gasteiger partial charge >= 0.3 is 0 Å². The van der Waals surface area contributed by atoms with Crippen LogP contribution in [0.5, 0.6) is 0 Å². The van der Waals surface area contributed by atoms with Crippen molar-refractivity contribution in [3.63, 3.8) is 0 Å². The predicted octanol–water partition coefficient (Wildman–Crippen LogP) is 3.21. The van der Waals surface area contributed by atoms with Gasteiger partial charge in [-0.2, -0.15) is 0 Å². The zero-order valence-corrected chi connectivity index (χ0v) is 11.2. The molecule has 0 aliphatic rings. The van der Waals surface area contributed by atoms with Crippen LogP contribution in [0.4, 0.5) is 0 Å². The molecule has 0 saturated carbocycles. The van der Waals surface area contributed by atoms with E-state index in [1.54, 1.807) is 12.7 Å². The lowest BCUT2D eigenvalue weighted by molar-refractivity contribution is 1.34. The summed E-state index contributed by atoms with van der Waals surface area (Å²) in [5.74, 6) is 0. The van der Waals surface area contributed by atoms with Gasteiger partial charge in [0.25, 0.3) is 0 Å². The molecule has 2 heterocycles. The van der Waals surface area contributed by atoms with Crippen LogP contribution in [0.15, 0.2) is 49.1 Å². The molecule has 0 aliphatic carbocycles. The molecular formula is C15H10N4S. The topological polar surface area (TPSA) is 57.4 Å². The smallest absolute Gasteiger partial charge is 0.0969 e. The SMILES string of the molecule is S=C(c1cccc2[nH]cnc12)c1cccc2[nH]cnc12. The lowest BCUT2D eigenvalue weighted by atomic mass is 10.0. The summed E-state index contributed by atoms with van der Waals surface area (Å²) in [5.41, 5.74) is 5.66. The number of fused-ring (bicyclic) bond motifs is 2. The van der Waals surface area contributed by atoms with Gasteiger partial charge in [-0.25, -0.2) is 9.97 Å². The summed E-state index contributed by atoms with van der Waals surface area (Å²) in [6.45, 7) is 0. The number of para-hydroxylation sites is 2. The standard InChI is InChI=1S/C15H10N4S/c20-15(9-3-1-5-11-13(9)18-7-16-11)10-4-2-6-12-14(10)19-8-17-12/h1-8H,(H,16,18)(H,17,19). The highest BCUT2D eigenvalue weighted by Crippen LogP contribution is 2.23. The van der Waals surface area contributed by atoms with E-state index in [-0.39, 0.29) is 0 Å². The van der Waals surface area contributed by atoms with Crippen molar-refractivity contribution in [3.8, 4) is 0 Å². The molecular weight excluding hydrogens is 268 g/mol. The van der Waals surface area contributed by atoms with Crippen LogP contribution in [0.2, 0.25) is 0 Å². The molecule has 0 spiro atoms. The molecule has 2 aromatic heterocycles. The summed E-state index contributed by atoms with van der Waals surface area (Å²) in [7, 11) is 0. The Morgan fingerprint density at radius 3 is 1.80 bits per heavy atom. The van der Waals surface area contributed by atoms with Crippen molar-refractivity contribution < 1.29 is 0 Å². The van der Waals surface area contributed by atoms with Crippen LogP contribution in [0.25, 0.3) is 22.1 Å². The van der Waals surface area contributed by atoms with Crippen LogP contribution in [0.3, 0.4) is 0 Å². The molecule has 0 bridgehead atoms. The normalized spacial score (nSPS) is 11.2. The Labute approximate surface area is 119 Å². The van der Waals surface area contributed by atoms with Crippen molar-refractivity contribution in [1.29, 1.82) is 0 Å². The summed E-state index contributed by atoms with van der Waals surface area (Å²) in [4.78, 5) is 15.7. The van der Waals surface area contributed by atoms with Crippen molar-refractivity contribution in [1.82, 2.24) is 19.9 Å². The molecule has 2 N–H and O–H groups in total. The fraction of sp³-hybridized carbons (Fsp3) is 0. The summed E-state index contributed by atoms with van der Waals surface area (Å²) in [6, 6.07) is 11.9. The van der Waals surface area contributed by atoms with E-state index in [1.165, 1.54) is 0 Å². The molecule has 4 nitrogen and oxygen atoms in total. The monoisotopic (exact) mass is 278 g/mol. The number of nitrogens with one attached hydrogen (secondary N) is 2. The highest BCUT2D eigenvalue weighted by molar-refractivity contribution is 7.81. The summed E-state index contributed by atoms with van der Waals surface area (Å²) >= 11 is 5.67. The number of H-pyrrole nitrogens is 2. The second-order valence-electron chi connectivity index (χ2n) is 4.54. The van der Waals surface area contributed by atoms with Gasteiger partial charge in [-0.1, -0.05) is 36.5 Å². The van der Waals surface area contributed by atoms with E-state index >= 15 is 0 Å².